The van der Waals surface area contributed by atoms with E-state index in [1.54, 1.807) is 14.2 Å². The number of ether oxygens (including phenoxy) is 4. The Morgan fingerprint density at radius 1 is 0.638 bits per heavy atom. The average molecular weight is 803 g/mol. The number of aromatic carboxylic acids is 2. The topological polar surface area (TPSA) is 196 Å². The van der Waals surface area contributed by atoms with Crippen LogP contribution in [0.3, 0.4) is 0 Å². The first-order chi connectivity index (χ1) is 27.4. The molecule has 2 aromatic heterocycles. The molecule has 4 N–H and O–H groups in total. The van der Waals surface area contributed by atoms with Crippen LogP contribution in [0.2, 0.25) is 0 Å². The monoisotopic (exact) mass is 802 g/mol. The SMILES string of the molecule is CC[C@@H]1Cc2cc(OCC(C)(C)CO)c(OC)cc2-c2cc(=O)c(C(=O)O)cn21.CC[C@H]1Cc2cc(OCC(C)(C)CO)c(OC)cc2-c2cc(=O)c(C(=O)O)cn21. The second-order valence-corrected chi connectivity index (χ2v) is 16.4. The Balaban J connectivity index is 0.000000221. The van der Waals surface area contributed by atoms with Crippen molar-refractivity contribution in [3.63, 3.8) is 0 Å². The van der Waals surface area contributed by atoms with Crippen molar-refractivity contribution in [2.75, 3.05) is 40.6 Å². The summed E-state index contributed by atoms with van der Waals surface area (Å²) >= 11 is 0. The highest BCUT2D eigenvalue weighted by Crippen LogP contribution is 2.43. The van der Waals surface area contributed by atoms with Gasteiger partial charge in [-0.05, 0) is 61.1 Å². The number of nitrogens with zero attached hydrogens (tertiary/aromatic N) is 2. The summed E-state index contributed by atoms with van der Waals surface area (Å²) in [6, 6.07) is 10.3. The number of aromatic nitrogens is 2. The number of carboxylic acid groups (broad SMARTS) is 2. The highest BCUT2D eigenvalue weighted by molar-refractivity contribution is 5.88. The largest absolute Gasteiger partial charge is 0.493 e. The zero-order chi connectivity index (χ0) is 42.7. The van der Waals surface area contributed by atoms with Crippen molar-refractivity contribution < 1.29 is 49.0 Å². The maximum absolute atomic E-state index is 12.3. The minimum Gasteiger partial charge on any atom is -0.493 e. The second-order valence-electron chi connectivity index (χ2n) is 16.4. The van der Waals surface area contributed by atoms with Crippen LogP contribution in [0.25, 0.3) is 22.5 Å². The minimum atomic E-state index is -1.22. The number of methoxy groups -OCH3 is 2. The third kappa shape index (κ3) is 9.08. The maximum Gasteiger partial charge on any atom is 0.341 e. The van der Waals surface area contributed by atoms with E-state index in [-0.39, 0.29) is 47.3 Å². The lowest BCUT2D eigenvalue weighted by Gasteiger charge is -2.31. The quantitative estimate of drug-likeness (QED) is 0.112. The van der Waals surface area contributed by atoms with E-state index in [1.807, 2.05) is 74.9 Å². The van der Waals surface area contributed by atoms with E-state index >= 15 is 0 Å². The van der Waals surface area contributed by atoms with Crippen LogP contribution in [0, 0.1) is 10.8 Å². The van der Waals surface area contributed by atoms with Crippen LogP contribution in [-0.4, -0.2) is 82.1 Å². The van der Waals surface area contributed by atoms with Crippen molar-refractivity contribution in [1.29, 1.82) is 0 Å². The first kappa shape index (κ1) is 43.5. The molecule has 2 aliphatic heterocycles. The van der Waals surface area contributed by atoms with Gasteiger partial charge in [-0.1, -0.05) is 41.5 Å². The molecule has 14 heteroatoms. The number of carboxylic acids is 2. The molecule has 0 unspecified atom stereocenters. The van der Waals surface area contributed by atoms with E-state index in [4.69, 9.17) is 18.9 Å². The van der Waals surface area contributed by atoms with Crippen LogP contribution < -0.4 is 29.8 Å². The Morgan fingerprint density at radius 3 is 1.29 bits per heavy atom. The summed E-state index contributed by atoms with van der Waals surface area (Å²) in [5.41, 5.74) is 2.76. The smallest absolute Gasteiger partial charge is 0.341 e. The third-order valence-electron chi connectivity index (χ3n) is 10.7. The number of benzene rings is 2. The lowest BCUT2D eigenvalue weighted by atomic mass is 9.90. The summed E-state index contributed by atoms with van der Waals surface area (Å²) in [5, 5.41) is 37.6. The zero-order valence-electron chi connectivity index (χ0n) is 34.4. The third-order valence-corrected chi connectivity index (χ3v) is 10.7. The molecule has 4 aromatic rings. The number of hydrogen-bond acceptors (Lipinski definition) is 10. The summed E-state index contributed by atoms with van der Waals surface area (Å²) in [7, 11) is 3.09. The molecule has 14 nitrogen and oxygen atoms in total. The number of carbonyl (C=O) groups is 2. The van der Waals surface area contributed by atoms with Crippen molar-refractivity contribution in [3.05, 3.63) is 91.5 Å². The molecule has 0 spiro atoms. The van der Waals surface area contributed by atoms with Crippen LogP contribution in [0.5, 0.6) is 23.0 Å². The van der Waals surface area contributed by atoms with Gasteiger partial charge in [0, 0.05) is 58.6 Å². The van der Waals surface area contributed by atoms with Gasteiger partial charge in [0.25, 0.3) is 0 Å². The van der Waals surface area contributed by atoms with E-state index in [2.05, 4.69) is 0 Å². The van der Waals surface area contributed by atoms with Crippen molar-refractivity contribution in [3.8, 4) is 45.5 Å². The average Bonchev–Trinajstić information content (AvgIpc) is 3.20. The first-order valence-electron chi connectivity index (χ1n) is 19.3. The number of hydrogen-bond donors (Lipinski definition) is 4. The Morgan fingerprint density at radius 2 is 1.00 bits per heavy atom. The minimum absolute atomic E-state index is 0.000365. The van der Waals surface area contributed by atoms with Crippen LogP contribution in [0.15, 0.2) is 58.4 Å². The fourth-order valence-electron chi connectivity index (χ4n) is 7.04. The molecular formula is C44H54N2O12. The number of aliphatic hydroxyl groups is 2. The first-order valence-corrected chi connectivity index (χ1v) is 19.3. The van der Waals surface area contributed by atoms with E-state index in [9.17, 15) is 39.6 Å². The molecular weight excluding hydrogens is 748 g/mol. The summed E-state index contributed by atoms with van der Waals surface area (Å²) in [4.78, 5) is 47.5. The predicted octanol–water partition coefficient (Wildman–Crippen LogP) is 6.25. The van der Waals surface area contributed by atoms with Crippen LogP contribution >= 0.6 is 0 Å². The number of pyridine rings is 2. The van der Waals surface area contributed by atoms with Gasteiger partial charge >= 0.3 is 11.9 Å². The molecule has 2 aliphatic rings. The fourth-order valence-corrected chi connectivity index (χ4v) is 7.04. The van der Waals surface area contributed by atoms with Gasteiger partial charge in [-0.15, -0.1) is 0 Å². The molecule has 0 aliphatic carbocycles. The lowest BCUT2D eigenvalue weighted by molar-refractivity contribution is 0.0683. The molecule has 6 rings (SSSR count). The highest BCUT2D eigenvalue weighted by atomic mass is 16.5. The van der Waals surface area contributed by atoms with Gasteiger partial charge in [0.15, 0.2) is 33.9 Å². The van der Waals surface area contributed by atoms with Gasteiger partial charge in [-0.3, -0.25) is 9.59 Å². The fraction of sp³-hybridized carbons (Fsp3) is 0.455. The molecule has 2 atom stereocenters. The van der Waals surface area contributed by atoms with Gasteiger partial charge in [0.1, 0.15) is 11.1 Å². The molecule has 4 heterocycles. The van der Waals surface area contributed by atoms with Gasteiger partial charge in [0.05, 0.1) is 52.0 Å². The van der Waals surface area contributed by atoms with Crippen LogP contribution in [0.1, 0.15) is 98.3 Å². The zero-order valence-corrected chi connectivity index (χ0v) is 34.4. The van der Waals surface area contributed by atoms with Gasteiger partial charge in [-0.2, -0.15) is 0 Å². The summed E-state index contributed by atoms with van der Waals surface area (Å²) < 4.78 is 26.7. The van der Waals surface area contributed by atoms with Crippen LogP contribution in [-0.2, 0) is 12.8 Å². The molecule has 0 amide bonds. The molecule has 0 radical (unpaired) electrons. The van der Waals surface area contributed by atoms with Gasteiger partial charge in [-0.25, -0.2) is 9.59 Å². The number of aliphatic hydroxyl groups excluding tert-OH is 2. The van der Waals surface area contributed by atoms with Crippen molar-refractivity contribution >= 4 is 11.9 Å². The van der Waals surface area contributed by atoms with E-state index in [1.165, 1.54) is 24.5 Å². The summed E-state index contributed by atoms with van der Waals surface area (Å²) in [6.45, 7) is 12.4. The van der Waals surface area contributed by atoms with E-state index in [0.29, 0.717) is 60.4 Å². The molecule has 2 aromatic carbocycles. The van der Waals surface area contributed by atoms with Crippen molar-refractivity contribution in [1.82, 2.24) is 9.13 Å². The molecule has 0 saturated carbocycles. The maximum atomic E-state index is 12.3. The normalized spacial score (nSPS) is 15.4. The van der Waals surface area contributed by atoms with Gasteiger partial charge in [0.2, 0.25) is 0 Å². The molecule has 0 fully saturated rings. The Hall–Kier alpha value is -5.60. The molecule has 312 valence electrons. The molecule has 0 saturated heterocycles. The van der Waals surface area contributed by atoms with E-state index in [0.717, 1.165) is 35.1 Å². The number of rotatable bonds is 14. The lowest BCUT2D eigenvalue weighted by Crippen LogP contribution is -2.26. The predicted molar refractivity (Wildman–Crippen MR) is 218 cm³/mol. The number of fused-ring (bicyclic) bond motifs is 6. The Labute approximate surface area is 337 Å². The van der Waals surface area contributed by atoms with Gasteiger partial charge < -0.3 is 48.5 Å². The summed E-state index contributed by atoms with van der Waals surface area (Å²) in [6.07, 6.45) is 5.83. The summed E-state index contributed by atoms with van der Waals surface area (Å²) in [5.74, 6) is -0.235. The second kappa shape index (κ2) is 17.5. The standard InChI is InChI=1S/2C22H27NO6/c2*1-5-14-6-13-7-20(29-12-22(2,3)11-24)19(28-4)8-15(13)17-9-18(25)16(21(26)27)10-23(14)17/h2*7-10,14,24H,5-6,11-12H2,1-4H3,(H,26,27)/t2*14-/m10/s1. The molecule has 58 heavy (non-hydrogen) atoms. The van der Waals surface area contributed by atoms with Crippen molar-refractivity contribution in [2.24, 2.45) is 10.8 Å². The Bertz CT molecular complexity index is 2140. The van der Waals surface area contributed by atoms with Crippen LogP contribution in [0.4, 0.5) is 0 Å². The molecule has 0 bridgehead atoms. The Kier molecular flexibility index (Phi) is 13.1. The van der Waals surface area contributed by atoms with Crippen molar-refractivity contribution in [2.45, 2.75) is 79.3 Å². The van der Waals surface area contributed by atoms with E-state index < -0.39 is 22.8 Å². The highest BCUT2D eigenvalue weighted by Gasteiger charge is 2.30.